The lowest BCUT2D eigenvalue weighted by atomic mass is 9.92. The molecule has 2 fully saturated rings. The van der Waals surface area contributed by atoms with Crippen molar-refractivity contribution in [3.05, 3.63) is 48.0 Å². The van der Waals surface area contributed by atoms with Gasteiger partial charge in [0.25, 0.3) is 0 Å². The lowest BCUT2D eigenvalue weighted by Gasteiger charge is -2.34. The zero-order valence-electron chi connectivity index (χ0n) is 20.2. The fourth-order valence-electron chi connectivity index (χ4n) is 4.96. The minimum absolute atomic E-state index is 0.0175. The average Bonchev–Trinajstić information content (AvgIpc) is 3.35. The first kappa shape index (κ1) is 26.2. The number of ether oxygens (including phenoxy) is 2. The smallest absolute Gasteiger partial charge is 0.407 e. The van der Waals surface area contributed by atoms with Crippen molar-refractivity contribution in [1.82, 2.24) is 9.80 Å². The Morgan fingerprint density at radius 3 is 2.30 bits per heavy atom. The van der Waals surface area contributed by atoms with Gasteiger partial charge in [0.05, 0.1) is 25.6 Å². The van der Waals surface area contributed by atoms with Crippen molar-refractivity contribution in [1.29, 1.82) is 0 Å². The van der Waals surface area contributed by atoms with Crippen molar-refractivity contribution in [2.45, 2.75) is 12.8 Å². The first-order valence-electron chi connectivity index (χ1n) is 11.9. The van der Waals surface area contributed by atoms with E-state index in [0.717, 1.165) is 29.9 Å². The Morgan fingerprint density at radius 1 is 0.973 bits per heavy atom. The number of carbonyl (C=O) groups is 3. The predicted molar refractivity (Wildman–Crippen MR) is 127 cm³/mol. The van der Waals surface area contributed by atoms with E-state index in [9.17, 15) is 33.4 Å². The molecule has 0 saturated carbocycles. The number of aliphatic carboxylic acids is 1. The summed E-state index contributed by atoms with van der Waals surface area (Å²) in [6.07, 6.45) is 0.310. The lowest BCUT2D eigenvalue weighted by Crippen LogP contribution is -2.46. The number of hydrogen-bond donors (Lipinski definition) is 2. The minimum Gasteiger partial charge on any atom is -0.496 e. The van der Waals surface area contributed by atoms with E-state index in [0.29, 0.717) is 36.6 Å². The van der Waals surface area contributed by atoms with Crippen LogP contribution in [0.25, 0.3) is 11.1 Å². The van der Waals surface area contributed by atoms with Crippen molar-refractivity contribution in [2.75, 3.05) is 39.9 Å². The van der Waals surface area contributed by atoms with E-state index in [1.54, 1.807) is 29.2 Å². The Balaban J connectivity index is 1.36. The maximum absolute atomic E-state index is 13.7. The van der Waals surface area contributed by atoms with Crippen LogP contribution in [0, 0.1) is 29.4 Å². The second-order valence-electron chi connectivity index (χ2n) is 9.33. The third kappa shape index (κ3) is 5.76. The molecular weight excluding hydrogens is 490 g/mol. The summed E-state index contributed by atoms with van der Waals surface area (Å²) in [5, 5.41) is 18.7. The Hall–Kier alpha value is -3.89. The van der Waals surface area contributed by atoms with E-state index in [1.807, 2.05) is 0 Å². The molecule has 11 heteroatoms. The first-order chi connectivity index (χ1) is 17.7. The van der Waals surface area contributed by atoms with Gasteiger partial charge in [-0.2, -0.15) is 0 Å². The quantitative estimate of drug-likeness (QED) is 0.576. The Kier molecular flexibility index (Phi) is 7.80. The molecule has 0 bridgehead atoms. The number of methoxy groups -OCH3 is 1. The second kappa shape index (κ2) is 11.0. The van der Waals surface area contributed by atoms with Crippen LogP contribution in [0.3, 0.4) is 0 Å². The van der Waals surface area contributed by atoms with Crippen LogP contribution in [0.15, 0.2) is 36.4 Å². The minimum atomic E-state index is -1.24. The largest absolute Gasteiger partial charge is 0.496 e. The number of piperidine rings is 1. The van der Waals surface area contributed by atoms with Crippen LogP contribution in [0.2, 0.25) is 0 Å². The van der Waals surface area contributed by atoms with Crippen LogP contribution in [-0.2, 0) is 9.59 Å². The number of rotatable bonds is 7. The molecule has 3 unspecified atom stereocenters. The van der Waals surface area contributed by atoms with Gasteiger partial charge in [-0.15, -0.1) is 0 Å². The Morgan fingerprint density at radius 2 is 1.65 bits per heavy atom. The molecule has 2 aromatic rings. The number of amides is 2. The summed E-state index contributed by atoms with van der Waals surface area (Å²) in [4.78, 5) is 38.6. The highest BCUT2D eigenvalue weighted by atomic mass is 19.2. The Labute approximate surface area is 212 Å². The molecule has 2 amide bonds. The summed E-state index contributed by atoms with van der Waals surface area (Å²) < 4.78 is 38.3. The highest BCUT2D eigenvalue weighted by molar-refractivity contribution is 5.87. The van der Waals surface area contributed by atoms with Crippen molar-refractivity contribution >= 4 is 18.0 Å². The molecule has 2 aliphatic rings. The average molecular weight is 519 g/mol. The number of carbonyl (C=O) groups excluding carboxylic acids is 1. The van der Waals surface area contributed by atoms with E-state index in [1.165, 1.54) is 7.11 Å². The van der Waals surface area contributed by atoms with Crippen LogP contribution in [-0.4, -0.2) is 77.9 Å². The molecule has 0 radical (unpaired) electrons. The molecule has 37 heavy (non-hydrogen) atoms. The first-order valence-corrected chi connectivity index (χ1v) is 11.9. The number of likely N-dealkylation sites (tertiary alicyclic amines) is 2. The SMILES string of the molecule is COc1cc(F)c(F)cc1-c1ccc(OCC2CCCN(C(=O)C3CN(C(=O)O)CC3C(=O)O)C2)cc1. The third-order valence-electron chi connectivity index (χ3n) is 6.95. The summed E-state index contributed by atoms with van der Waals surface area (Å²) >= 11 is 0. The molecule has 0 aromatic heterocycles. The maximum atomic E-state index is 13.7. The molecular formula is C26H28F2N2O7. The van der Waals surface area contributed by atoms with Gasteiger partial charge in [-0.1, -0.05) is 12.1 Å². The number of hydrogen-bond acceptors (Lipinski definition) is 5. The van der Waals surface area contributed by atoms with Gasteiger partial charge in [0.2, 0.25) is 5.91 Å². The molecule has 2 N–H and O–H groups in total. The van der Waals surface area contributed by atoms with E-state index >= 15 is 0 Å². The number of halogens is 2. The molecule has 9 nitrogen and oxygen atoms in total. The summed E-state index contributed by atoms with van der Waals surface area (Å²) in [6.45, 7) is 0.868. The number of benzene rings is 2. The van der Waals surface area contributed by atoms with E-state index in [2.05, 4.69) is 0 Å². The highest BCUT2D eigenvalue weighted by Crippen LogP contribution is 2.33. The summed E-state index contributed by atoms with van der Waals surface area (Å²) in [5.74, 6) is -4.67. The van der Waals surface area contributed by atoms with Gasteiger partial charge in [0.1, 0.15) is 11.5 Å². The second-order valence-corrected chi connectivity index (χ2v) is 9.33. The molecule has 3 atom stereocenters. The predicted octanol–water partition coefficient (Wildman–Crippen LogP) is 3.57. The molecule has 0 spiro atoms. The van der Waals surface area contributed by atoms with Crippen molar-refractivity contribution in [3.63, 3.8) is 0 Å². The van der Waals surface area contributed by atoms with Gasteiger partial charge in [-0.25, -0.2) is 13.6 Å². The molecule has 2 aliphatic heterocycles. The zero-order chi connectivity index (χ0) is 26.7. The van der Waals surface area contributed by atoms with Crippen LogP contribution in [0.5, 0.6) is 11.5 Å². The maximum Gasteiger partial charge on any atom is 0.407 e. The lowest BCUT2D eigenvalue weighted by molar-refractivity contribution is -0.149. The third-order valence-corrected chi connectivity index (χ3v) is 6.95. The molecule has 2 heterocycles. The van der Waals surface area contributed by atoms with Gasteiger partial charge < -0.3 is 29.5 Å². The fraction of sp³-hybridized carbons (Fsp3) is 0.423. The molecule has 198 valence electrons. The molecule has 2 saturated heterocycles. The van der Waals surface area contributed by atoms with Gasteiger partial charge in [0.15, 0.2) is 11.6 Å². The summed E-state index contributed by atoms with van der Waals surface area (Å²) in [6, 6.07) is 8.90. The van der Waals surface area contributed by atoms with E-state index < -0.39 is 35.5 Å². The summed E-state index contributed by atoms with van der Waals surface area (Å²) in [5.41, 5.74) is 1.03. The van der Waals surface area contributed by atoms with Gasteiger partial charge in [-0.3, -0.25) is 9.59 Å². The van der Waals surface area contributed by atoms with Gasteiger partial charge in [-0.05, 0) is 36.6 Å². The Bertz CT molecular complexity index is 1170. The van der Waals surface area contributed by atoms with Crippen molar-refractivity contribution in [3.8, 4) is 22.6 Å². The molecule has 4 rings (SSSR count). The zero-order valence-corrected chi connectivity index (χ0v) is 20.2. The van der Waals surface area contributed by atoms with Crippen LogP contribution >= 0.6 is 0 Å². The number of carboxylic acids is 1. The molecule has 0 aliphatic carbocycles. The van der Waals surface area contributed by atoms with Crippen LogP contribution < -0.4 is 9.47 Å². The fourth-order valence-corrected chi connectivity index (χ4v) is 4.96. The van der Waals surface area contributed by atoms with Crippen LogP contribution in [0.4, 0.5) is 13.6 Å². The van der Waals surface area contributed by atoms with E-state index in [4.69, 9.17) is 9.47 Å². The van der Waals surface area contributed by atoms with Crippen molar-refractivity contribution in [2.24, 2.45) is 17.8 Å². The summed E-state index contributed by atoms with van der Waals surface area (Å²) in [7, 11) is 1.38. The van der Waals surface area contributed by atoms with Crippen molar-refractivity contribution < 1.29 is 42.9 Å². The topological polar surface area (TPSA) is 117 Å². The van der Waals surface area contributed by atoms with Gasteiger partial charge >= 0.3 is 12.1 Å². The van der Waals surface area contributed by atoms with Gasteiger partial charge in [0, 0.05) is 43.7 Å². The highest BCUT2D eigenvalue weighted by Gasteiger charge is 2.45. The van der Waals surface area contributed by atoms with E-state index in [-0.39, 0.29) is 30.7 Å². The normalized spacial score (nSPS) is 21.5. The molecule has 2 aromatic carbocycles. The number of nitrogens with zero attached hydrogens (tertiary/aromatic N) is 2. The number of carboxylic acid groups (broad SMARTS) is 2. The monoisotopic (exact) mass is 518 g/mol. The van der Waals surface area contributed by atoms with Crippen LogP contribution in [0.1, 0.15) is 12.8 Å². The standard InChI is InChI=1S/C26H28F2N2O7/c1-36-23-10-22(28)21(27)9-18(23)16-4-6-17(7-5-16)37-14-15-3-2-8-29(11-15)24(31)19-12-30(26(34)35)13-20(19)25(32)33/h4-7,9-10,15,19-20H,2-3,8,11-14H2,1H3,(H,32,33)(H,34,35).